The van der Waals surface area contributed by atoms with Gasteiger partial charge in [-0.2, -0.15) is 0 Å². The van der Waals surface area contributed by atoms with Crippen LogP contribution in [0.25, 0.3) is 6.08 Å². The summed E-state index contributed by atoms with van der Waals surface area (Å²) in [6, 6.07) is 3.53. The molecule has 0 atom stereocenters. The van der Waals surface area contributed by atoms with Crippen LogP contribution in [0.1, 0.15) is 25.0 Å². The van der Waals surface area contributed by atoms with Gasteiger partial charge in [-0.25, -0.2) is 0 Å². The van der Waals surface area contributed by atoms with E-state index in [-0.39, 0.29) is 12.5 Å². The maximum Gasteiger partial charge on any atom is 0.244 e. The third-order valence-corrected chi connectivity index (χ3v) is 3.42. The number of carbonyl (C=O) groups is 1. The predicted octanol–water partition coefficient (Wildman–Crippen LogP) is 2.09. The number of nitrogens with one attached hydrogen (secondary N) is 1. The number of aliphatic hydroxyl groups excluding tert-OH is 1. The molecule has 4 nitrogen and oxygen atoms in total. The summed E-state index contributed by atoms with van der Waals surface area (Å²) >= 11 is 3.19. The van der Waals surface area contributed by atoms with E-state index in [0.717, 1.165) is 19.3 Å². The monoisotopic (exact) mass is 299 g/mol. The van der Waals surface area contributed by atoms with Gasteiger partial charge in [-0.05, 0) is 53.4 Å². The van der Waals surface area contributed by atoms with E-state index in [2.05, 4.69) is 21.2 Å². The molecular formula is C12H14BrNO3. The van der Waals surface area contributed by atoms with E-state index in [4.69, 9.17) is 4.42 Å². The van der Waals surface area contributed by atoms with Crippen LogP contribution in [-0.2, 0) is 4.79 Å². The third-order valence-electron chi connectivity index (χ3n) is 2.99. The molecule has 0 aliphatic heterocycles. The number of furan rings is 1. The first kappa shape index (κ1) is 12.4. The van der Waals surface area contributed by atoms with Crippen LogP contribution < -0.4 is 5.32 Å². The predicted molar refractivity (Wildman–Crippen MR) is 67.3 cm³/mol. The molecule has 1 fully saturated rings. The maximum absolute atomic E-state index is 11.6. The van der Waals surface area contributed by atoms with Crippen molar-refractivity contribution in [3.8, 4) is 0 Å². The minimum absolute atomic E-state index is 0.00111. The number of halogens is 1. The van der Waals surface area contributed by atoms with Gasteiger partial charge in [0, 0.05) is 6.08 Å². The van der Waals surface area contributed by atoms with Gasteiger partial charge in [0.2, 0.25) is 5.91 Å². The van der Waals surface area contributed by atoms with Crippen molar-refractivity contribution in [3.63, 3.8) is 0 Å². The number of hydrogen-bond donors (Lipinski definition) is 2. The Labute approximate surface area is 108 Å². The molecule has 5 heteroatoms. The van der Waals surface area contributed by atoms with Crippen molar-refractivity contribution in [2.75, 3.05) is 6.61 Å². The molecule has 1 heterocycles. The van der Waals surface area contributed by atoms with E-state index in [0.29, 0.717) is 10.4 Å². The molecule has 0 unspecified atom stereocenters. The Morgan fingerprint density at radius 2 is 2.35 bits per heavy atom. The van der Waals surface area contributed by atoms with Crippen LogP contribution in [0.5, 0.6) is 0 Å². The zero-order chi connectivity index (χ0) is 12.3. The Bertz CT molecular complexity index is 429. The topological polar surface area (TPSA) is 62.5 Å². The molecule has 0 radical (unpaired) electrons. The van der Waals surface area contributed by atoms with Gasteiger partial charge < -0.3 is 14.8 Å². The molecule has 0 saturated heterocycles. The minimum atomic E-state index is -0.398. The highest BCUT2D eigenvalue weighted by Gasteiger charge is 2.37. The molecule has 0 spiro atoms. The fraction of sp³-hybridized carbons (Fsp3) is 0.417. The molecule has 1 amide bonds. The molecule has 2 rings (SSSR count). The summed E-state index contributed by atoms with van der Waals surface area (Å²) in [6.07, 6.45) is 5.76. The van der Waals surface area contributed by atoms with E-state index in [9.17, 15) is 9.90 Å². The zero-order valence-electron chi connectivity index (χ0n) is 9.28. The van der Waals surface area contributed by atoms with Gasteiger partial charge in [0.1, 0.15) is 5.76 Å². The third kappa shape index (κ3) is 2.98. The lowest BCUT2D eigenvalue weighted by molar-refractivity contribution is -0.120. The molecule has 1 aliphatic carbocycles. The summed E-state index contributed by atoms with van der Waals surface area (Å²) in [5, 5.41) is 12.0. The number of amides is 1. The van der Waals surface area contributed by atoms with Gasteiger partial charge in [-0.1, -0.05) is 0 Å². The van der Waals surface area contributed by atoms with Crippen molar-refractivity contribution in [1.29, 1.82) is 0 Å². The lowest BCUT2D eigenvalue weighted by Gasteiger charge is -2.40. The van der Waals surface area contributed by atoms with Crippen LogP contribution in [0.4, 0.5) is 0 Å². The van der Waals surface area contributed by atoms with Crippen molar-refractivity contribution < 1.29 is 14.3 Å². The van der Waals surface area contributed by atoms with Gasteiger partial charge in [0.05, 0.1) is 12.1 Å². The van der Waals surface area contributed by atoms with E-state index >= 15 is 0 Å². The summed E-state index contributed by atoms with van der Waals surface area (Å²) in [5.41, 5.74) is -0.398. The van der Waals surface area contributed by atoms with Crippen LogP contribution in [0, 0.1) is 0 Å². The molecule has 1 aromatic heterocycles. The Balaban J connectivity index is 1.91. The fourth-order valence-electron chi connectivity index (χ4n) is 1.80. The molecule has 17 heavy (non-hydrogen) atoms. The molecule has 1 aromatic rings. The molecule has 1 saturated carbocycles. The summed E-state index contributed by atoms with van der Waals surface area (Å²) in [6.45, 7) is -0.00111. The second kappa shape index (κ2) is 5.06. The highest BCUT2D eigenvalue weighted by atomic mass is 79.9. The van der Waals surface area contributed by atoms with Gasteiger partial charge in [0.15, 0.2) is 4.67 Å². The van der Waals surface area contributed by atoms with Gasteiger partial charge in [-0.15, -0.1) is 0 Å². The summed E-state index contributed by atoms with van der Waals surface area (Å²) in [5.74, 6) is 0.407. The number of rotatable bonds is 4. The molecule has 0 aromatic carbocycles. The van der Waals surface area contributed by atoms with Crippen molar-refractivity contribution in [2.45, 2.75) is 24.8 Å². The van der Waals surface area contributed by atoms with Gasteiger partial charge >= 0.3 is 0 Å². The molecule has 0 bridgehead atoms. The lowest BCUT2D eigenvalue weighted by Crippen LogP contribution is -2.55. The van der Waals surface area contributed by atoms with E-state index in [1.807, 2.05) is 0 Å². The quantitative estimate of drug-likeness (QED) is 0.837. The smallest absolute Gasteiger partial charge is 0.244 e. The summed E-state index contributed by atoms with van der Waals surface area (Å²) in [4.78, 5) is 11.6. The van der Waals surface area contributed by atoms with Crippen LogP contribution in [-0.4, -0.2) is 23.2 Å². The number of aliphatic hydroxyl groups is 1. The average molecular weight is 300 g/mol. The van der Waals surface area contributed by atoms with Crippen molar-refractivity contribution in [1.82, 2.24) is 5.32 Å². The Kier molecular flexibility index (Phi) is 3.69. The standard InChI is InChI=1S/C12H14BrNO3/c13-10-4-2-9(17-10)3-5-11(16)14-12(8-15)6-1-7-12/h2-5,15H,1,6-8H2,(H,14,16)/b5-3+. The van der Waals surface area contributed by atoms with Crippen LogP contribution in [0.3, 0.4) is 0 Å². The van der Waals surface area contributed by atoms with Crippen LogP contribution in [0.2, 0.25) is 0 Å². The number of hydrogen-bond acceptors (Lipinski definition) is 3. The molecular weight excluding hydrogens is 286 g/mol. The largest absolute Gasteiger partial charge is 0.450 e. The second-order valence-corrected chi connectivity index (χ2v) is 5.04. The second-order valence-electron chi connectivity index (χ2n) is 4.26. The van der Waals surface area contributed by atoms with Gasteiger partial charge in [0.25, 0.3) is 0 Å². The highest BCUT2D eigenvalue weighted by Crippen LogP contribution is 2.31. The van der Waals surface area contributed by atoms with Crippen LogP contribution in [0.15, 0.2) is 27.3 Å². The first-order valence-corrected chi connectivity index (χ1v) is 6.29. The Morgan fingerprint density at radius 1 is 1.59 bits per heavy atom. The van der Waals surface area contributed by atoms with E-state index < -0.39 is 5.54 Å². The SMILES string of the molecule is O=C(/C=C/c1ccc(Br)o1)NC1(CO)CCC1. The van der Waals surface area contributed by atoms with Crippen molar-refractivity contribution in [3.05, 3.63) is 28.6 Å². The van der Waals surface area contributed by atoms with E-state index in [1.165, 1.54) is 6.08 Å². The fourth-order valence-corrected chi connectivity index (χ4v) is 2.12. The maximum atomic E-state index is 11.6. The molecule has 92 valence electrons. The Hall–Kier alpha value is -1.07. The average Bonchev–Trinajstić information content (AvgIpc) is 2.67. The molecule has 1 aliphatic rings. The summed E-state index contributed by atoms with van der Waals surface area (Å²) in [7, 11) is 0. The zero-order valence-corrected chi connectivity index (χ0v) is 10.9. The first-order chi connectivity index (χ1) is 8.13. The summed E-state index contributed by atoms with van der Waals surface area (Å²) < 4.78 is 5.86. The first-order valence-electron chi connectivity index (χ1n) is 5.50. The molecule has 2 N–H and O–H groups in total. The van der Waals surface area contributed by atoms with Crippen molar-refractivity contribution >= 4 is 27.9 Å². The lowest BCUT2D eigenvalue weighted by atomic mass is 9.77. The van der Waals surface area contributed by atoms with Crippen LogP contribution >= 0.6 is 15.9 Å². The number of carbonyl (C=O) groups excluding carboxylic acids is 1. The highest BCUT2D eigenvalue weighted by molar-refractivity contribution is 9.10. The van der Waals surface area contributed by atoms with Crippen molar-refractivity contribution in [2.24, 2.45) is 0 Å². The Morgan fingerprint density at radius 3 is 2.82 bits per heavy atom. The minimum Gasteiger partial charge on any atom is -0.450 e. The van der Waals surface area contributed by atoms with E-state index in [1.54, 1.807) is 18.2 Å². The van der Waals surface area contributed by atoms with Gasteiger partial charge in [-0.3, -0.25) is 4.79 Å². The normalized spacial score (nSPS) is 18.0.